The summed E-state index contributed by atoms with van der Waals surface area (Å²) in [5.41, 5.74) is 1.56. The van der Waals surface area contributed by atoms with Crippen molar-refractivity contribution in [1.82, 2.24) is 5.32 Å². The van der Waals surface area contributed by atoms with Gasteiger partial charge in [0.15, 0.2) is 0 Å². The van der Waals surface area contributed by atoms with Crippen molar-refractivity contribution < 1.29 is 0 Å². The summed E-state index contributed by atoms with van der Waals surface area (Å²) in [6.07, 6.45) is 3.96. The molecule has 0 radical (unpaired) electrons. The molecule has 1 aromatic carbocycles. The molecule has 1 aromatic rings. The molecule has 0 fully saturated rings. The van der Waals surface area contributed by atoms with Crippen molar-refractivity contribution in [3.05, 3.63) is 29.8 Å². The molecule has 1 aliphatic heterocycles. The zero-order valence-electron chi connectivity index (χ0n) is 12.5. The average Bonchev–Trinajstić information content (AvgIpc) is 2.77. The minimum absolute atomic E-state index is 0.791. The molecule has 0 aliphatic carbocycles. The molecule has 0 bridgehead atoms. The highest BCUT2D eigenvalue weighted by Gasteiger charge is 2.25. The first-order valence-corrected chi connectivity index (χ1v) is 8.52. The summed E-state index contributed by atoms with van der Waals surface area (Å²) < 4.78 is 0. The van der Waals surface area contributed by atoms with E-state index in [0.29, 0.717) is 0 Å². The van der Waals surface area contributed by atoms with Crippen LogP contribution in [-0.2, 0) is 6.42 Å². The van der Waals surface area contributed by atoms with Crippen LogP contribution in [0.4, 0.5) is 0 Å². The number of thioether (sulfide) groups is 1. The maximum absolute atomic E-state index is 3.54. The Balaban J connectivity index is 1.88. The summed E-state index contributed by atoms with van der Waals surface area (Å²) in [6, 6.07) is 8.91. The van der Waals surface area contributed by atoms with Gasteiger partial charge >= 0.3 is 0 Å². The third-order valence-electron chi connectivity index (χ3n) is 3.80. The quantitative estimate of drug-likeness (QED) is 0.794. The van der Waals surface area contributed by atoms with Crippen molar-refractivity contribution in [2.75, 3.05) is 13.1 Å². The fourth-order valence-electron chi connectivity index (χ4n) is 3.04. The molecule has 1 nitrogen and oxygen atoms in total. The summed E-state index contributed by atoms with van der Waals surface area (Å²) in [5, 5.41) is 4.33. The fourth-order valence-corrected chi connectivity index (χ4v) is 4.49. The monoisotopic (exact) mass is 277 g/mol. The van der Waals surface area contributed by atoms with Gasteiger partial charge in [-0.1, -0.05) is 39.0 Å². The Kier molecular flexibility index (Phi) is 5.77. The zero-order valence-corrected chi connectivity index (χ0v) is 13.3. The average molecular weight is 277 g/mol. The van der Waals surface area contributed by atoms with Gasteiger partial charge in [0.25, 0.3) is 0 Å². The highest BCUT2D eigenvalue weighted by Crippen LogP contribution is 2.40. The van der Waals surface area contributed by atoms with E-state index in [1.54, 1.807) is 5.56 Å². The van der Waals surface area contributed by atoms with E-state index in [-0.39, 0.29) is 0 Å². The Morgan fingerprint density at radius 2 is 2.11 bits per heavy atom. The Hall–Kier alpha value is -0.470. The van der Waals surface area contributed by atoms with Crippen LogP contribution < -0.4 is 5.32 Å². The molecule has 1 heterocycles. The molecular weight excluding hydrogens is 250 g/mol. The van der Waals surface area contributed by atoms with Crippen LogP contribution in [-0.4, -0.2) is 18.3 Å². The second-order valence-electron chi connectivity index (χ2n) is 6.09. The van der Waals surface area contributed by atoms with Crippen LogP contribution in [0.5, 0.6) is 0 Å². The first-order valence-electron chi connectivity index (χ1n) is 7.64. The number of hydrogen-bond donors (Lipinski definition) is 1. The maximum atomic E-state index is 3.54. The van der Waals surface area contributed by atoms with Crippen molar-refractivity contribution in [1.29, 1.82) is 0 Å². The molecular formula is C17H27NS. The number of benzene rings is 1. The lowest BCUT2D eigenvalue weighted by atomic mass is 9.91. The molecule has 2 heteroatoms. The van der Waals surface area contributed by atoms with Crippen molar-refractivity contribution in [2.24, 2.45) is 11.8 Å². The summed E-state index contributed by atoms with van der Waals surface area (Å²) in [7, 11) is 0. The van der Waals surface area contributed by atoms with Gasteiger partial charge in [-0.25, -0.2) is 0 Å². The van der Waals surface area contributed by atoms with E-state index in [4.69, 9.17) is 0 Å². The van der Waals surface area contributed by atoms with Crippen LogP contribution in [0.25, 0.3) is 0 Å². The van der Waals surface area contributed by atoms with E-state index in [1.807, 2.05) is 0 Å². The van der Waals surface area contributed by atoms with E-state index < -0.39 is 0 Å². The second kappa shape index (κ2) is 7.35. The zero-order chi connectivity index (χ0) is 13.7. The van der Waals surface area contributed by atoms with E-state index in [0.717, 1.165) is 23.6 Å². The van der Waals surface area contributed by atoms with E-state index in [2.05, 4.69) is 62.1 Å². The summed E-state index contributed by atoms with van der Waals surface area (Å²) in [4.78, 5) is 1.51. The van der Waals surface area contributed by atoms with Crippen molar-refractivity contribution in [3.63, 3.8) is 0 Å². The normalized spacial score (nSPS) is 19.7. The molecule has 1 N–H and O–H groups in total. The van der Waals surface area contributed by atoms with E-state index in [1.165, 1.54) is 30.7 Å². The molecule has 0 spiro atoms. The van der Waals surface area contributed by atoms with Gasteiger partial charge in [0.2, 0.25) is 0 Å². The molecule has 0 saturated carbocycles. The summed E-state index contributed by atoms with van der Waals surface area (Å²) >= 11 is 2.10. The second-order valence-corrected chi connectivity index (χ2v) is 7.43. The van der Waals surface area contributed by atoms with Gasteiger partial charge in [-0.2, -0.15) is 0 Å². The predicted octanol–water partition coefficient (Wildman–Crippen LogP) is 4.37. The van der Waals surface area contributed by atoms with Crippen LogP contribution >= 0.6 is 11.8 Å². The Bertz CT molecular complexity index is 364. The topological polar surface area (TPSA) is 12.0 Å². The molecule has 0 saturated heterocycles. The first-order chi connectivity index (χ1) is 9.19. The van der Waals surface area contributed by atoms with Gasteiger partial charge in [0, 0.05) is 10.1 Å². The standard InChI is InChI=1S/C17H27NS/c1-4-18-12-14(9-13(2)3)10-16-11-15-7-5-6-8-17(15)19-16/h5-8,13-14,16,18H,4,9-12H2,1-3H3. The highest BCUT2D eigenvalue weighted by molar-refractivity contribution is 8.00. The Morgan fingerprint density at radius 1 is 1.32 bits per heavy atom. The van der Waals surface area contributed by atoms with Crippen LogP contribution in [0.2, 0.25) is 0 Å². The van der Waals surface area contributed by atoms with Gasteiger partial charge in [0.05, 0.1) is 0 Å². The van der Waals surface area contributed by atoms with Gasteiger partial charge in [-0.3, -0.25) is 0 Å². The molecule has 19 heavy (non-hydrogen) atoms. The van der Waals surface area contributed by atoms with Crippen molar-refractivity contribution >= 4 is 11.8 Å². The smallest absolute Gasteiger partial charge is 0.0138 e. The Morgan fingerprint density at radius 3 is 2.79 bits per heavy atom. The third-order valence-corrected chi connectivity index (χ3v) is 5.14. The lowest BCUT2D eigenvalue weighted by Crippen LogP contribution is -2.26. The highest BCUT2D eigenvalue weighted by atomic mass is 32.2. The molecule has 0 amide bonds. The van der Waals surface area contributed by atoms with Gasteiger partial charge in [-0.05, 0) is 55.8 Å². The molecule has 1 aliphatic rings. The largest absolute Gasteiger partial charge is 0.317 e. The number of fused-ring (bicyclic) bond motifs is 1. The first kappa shape index (κ1) is 14.9. The fraction of sp³-hybridized carbons (Fsp3) is 0.647. The number of rotatable bonds is 7. The Labute approximate surface area is 122 Å². The lowest BCUT2D eigenvalue weighted by Gasteiger charge is -2.22. The van der Waals surface area contributed by atoms with Crippen molar-refractivity contribution in [2.45, 2.75) is 50.2 Å². The minimum atomic E-state index is 0.791. The number of hydrogen-bond acceptors (Lipinski definition) is 2. The molecule has 0 aromatic heterocycles. The third kappa shape index (κ3) is 4.54. The van der Waals surface area contributed by atoms with Crippen LogP contribution in [0.1, 0.15) is 39.2 Å². The van der Waals surface area contributed by atoms with Crippen LogP contribution in [0.3, 0.4) is 0 Å². The van der Waals surface area contributed by atoms with E-state index >= 15 is 0 Å². The minimum Gasteiger partial charge on any atom is -0.317 e. The molecule has 106 valence electrons. The van der Waals surface area contributed by atoms with Crippen LogP contribution in [0, 0.1) is 11.8 Å². The van der Waals surface area contributed by atoms with Gasteiger partial charge in [0.1, 0.15) is 0 Å². The van der Waals surface area contributed by atoms with Crippen molar-refractivity contribution in [3.8, 4) is 0 Å². The van der Waals surface area contributed by atoms with E-state index in [9.17, 15) is 0 Å². The SMILES string of the molecule is CCNCC(CC(C)C)CC1Cc2ccccc2S1. The van der Waals surface area contributed by atoms with Gasteiger partial charge < -0.3 is 5.32 Å². The van der Waals surface area contributed by atoms with Gasteiger partial charge in [-0.15, -0.1) is 11.8 Å². The summed E-state index contributed by atoms with van der Waals surface area (Å²) in [6.45, 7) is 9.16. The van der Waals surface area contributed by atoms with Crippen LogP contribution in [0.15, 0.2) is 29.2 Å². The number of nitrogens with one attached hydrogen (secondary N) is 1. The molecule has 2 unspecified atom stereocenters. The summed E-state index contributed by atoms with van der Waals surface area (Å²) in [5.74, 6) is 1.63. The molecule has 2 atom stereocenters. The predicted molar refractivity (Wildman–Crippen MR) is 85.9 cm³/mol. The lowest BCUT2D eigenvalue weighted by molar-refractivity contribution is 0.366. The molecule has 2 rings (SSSR count). The maximum Gasteiger partial charge on any atom is 0.0138 e.